The molecule has 0 amide bonds. The van der Waals surface area contributed by atoms with Crippen LogP contribution in [0.25, 0.3) is 5.70 Å². The minimum Gasteiger partial charge on any atom is -0.497 e. The Hall–Kier alpha value is -2.82. The molecule has 25 heavy (non-hydrogen) atoms. The number of benzene rings is 1. The second kappa shape index (κ2) is 6.24. The number of fused-ring (bicyclic) bond motifs is 1. The van der Waals surface area contributed by atoms with Gasteiger partial charge in [-0.1, -0.05) is 6.07 Å². The number of pyridine rings is 1. The van der Waals surface area contributed by atoms with Crippen molar-refractivity contribution in [2.24, 2.45) is 7.05 Å². The summed E-state index contributed by atoms with van der Waals surface area (Å²) in [5.41, 5.74) is 3.09. The molecular formula is C20H22N2O3. The third-order valence-electron chi connectivity index (χ3n) is 4.36. The van der Waals surface area contributed by atoms with E-state index >= 15 is 0 Å². The second-order valence-corrected chi connectivity index (χ2v) is 7.00. The zero-order valence-corrected chi connectivity index (χ0v) is 14.9. The molecule has 5 heteroatoms. The van der Waals surface area contributed by atoms with E-state index < -0.39 is 0 Å². The van der Waals surface area contributed by atoms with Crippen LogP contribution in [0, 0.1) is 0 Å². The first kappa shape index (κ1) is 17.0. The maximum atomic E-state index is 12.7. The van der Waals surface area contributed by atoms with Gasteiger partial charge in [-0.15, -0.1) is 0 Å². The molecule has 0 saturated heterocycles. The molecular weight excluding hydrogens is 316 g/mol. The number of ketones is 1. The number of allylic oxidation sites excluding steroid dienone is 1. The highest BCUT2D eigenvalue weighted by atomic mass is 16.5. The molecule has 1 aliphatic heterocycles. The van der Waals surface area contributed by atoms with E-state index in [4.69, 9.17) is 4.74 Å². The van der Waals surface area contributed by atoms with Crippen LogP contribution in [0.2, 0.25) is 0 Å². The molecule has 0 atom stereocenters. The minimum absolute atomic E-state index is 0.142. The van der Waals surface area contributed by atoms with Crippen LogP contribution in [0.4, 0.5) is 0 Å². The summed E-state index contributed by atoms with van der Waals surface area (Å²) in [6.45, 7) is 4.20. The van der Waals surface area contributed by atoms with Gasteiger partial charge in [0, 0.05) is 47.7 Å². The number of nitrogens with zero attached hydrogens (tertiary/aromatic N) is 1. The number of aryl methyl sites for hydroxylation is 1. The summed E-state index contributed by atoms with van der Waals surface area (Å²) in [5, 5.41) is 3.44. The molecule has 3 rings (SSSR count). The molecule has 1 aliphatic rings. The van der Waals surface area contributed by atoms with E-state index in [-0.39, 0.29) is 16.9 Å². The lowest BCUT2D eigenvalue weighted by Gasteiger charge is -2.35. The van der Waals surface area contributed by atoms with Crippen LogP contribution in [-0.4, -0.2) is 23.0 Å². The number of carbonyl (C=O) groups excluding carboxylic acids is 1. The lowest BCUT2D eigenvalue weighted by molar-refractivity contribution is 0.104. The van der Waals surface area contributed by atoms with Crippen molar-refractivity contribution in [2.45, 2.75) is 25.8 Å². The fourth-order valence-corrected chi connectivity index (χ4v) is 3.11. The van der Waals surface area contributed by atoms with Crippen molar-refractivity contribution in [3.05, 3.63) is 69.6 Å². The van der Waals surface area contributed by atoms with Crippen molar-refractivity contribution >= 4 is 11.5 Å². The third-order valence-corrected chi connectivity index (χ3v) is 4.36. The first-order valence-corrected chi connectivity index (χ1v) is 8.17. The molecule has 0 spiro atoms. The van der Waals surface area contributed by atoms with Gasteiger partial charge in [0.1, 0.15) is 5.75 Å². The standard InChI is InChI=1S/C20H22N2O3/c1-20(2)11-13-5-7-15(25-4)9-16(13)17(21-20)10-18(23)14-6-8-19(24)22(3)12-14/h5-10,12,21H,11H2,1-4H3/b17-10-. The molecule has 0 radical (unpaired) electrons. The molecule has 0 unspecified atom stereocenters. The Morgan fingerprint density at radius 3 is 2.72 bits per heavy atom. The highest BCUT2D eigenvalue weighted by Gasteiger charge is 2.28. The Balaban J connectivity index is 2.05. The van der Waals surface area contributed by atoms with Gasteiger partial charge in [-0.25, -0.2) is 0 Å². The van der Waals surface area contributed by atoms with E-state index in [0.29, 0.717) is 5.56 Å². The maximum Gasteiger partial charge on any atom is 0.250 e. The predicted molar refractivity (Wildman–Crippen MR) is 97.9 cm³/mol. The number of hydrogen-bond acceptors (Lipinski definition) is 4. The summed E-state index contributed by atoms with van der Waals surface area (Å²) >= 11 is 0. The summed E-state index contributed by atoms with van der Waals surface area (Å²) in [6.07, 6.45) is 4.01. The molecule has 2 heterocycles. The topological polar surface area (TPSA) is 60.3 Å². The van der Waals surface area contributed by atoms with Crippen molar-refractivity contribution in [2.75, 3.05) is 7.11 Å². The van der Waals surface area contributed by atoms with E-state index in [9.17, 15) is 9.59 Å². The lowest BCUT2D eigenvalue weighted by atomic mass is 9.85. The van der Waals surface area contributed by atoms with Gasteiger partial charge in [-0.3, -0.25) is 9.59 Å². The second-order valence-electron chi connectivity index (χ2n) is 7.00. The molecule has 0 fully saturated rings. The first-order chi connectivity index (χ1) is 11.8. The molecule has 5 nitrogen and oxygen atoms in total. The van der Waals surface area contributed by atoms with Crippen molar-refractivity contribution < 1.29 is 9.53 Å². The smallest absolute Gasteiger partial charge is 0.250 e. The van der Waals surface area contributed by atoms with E-state index in [0.717, 1.165) is 23.4 Å². The molecule has 130 valence electrons. The van der Waals surface area contributed by atoms with Gasteiger partial charge in [0.25, 0.3) is 0 Å². The molecule has 1 aromatic heterocycles. The SMILES string of the molecule is COc1ccc2c(c1)/C(=C/C(=O)c1ccc(=O)n(C)c1)NC(C)(C)C2. The lowest BCUT2D eigenvalue weighted by Crippen LogP contribution is -2.43. The van der Waals surface area contributed by atoms with E-state index in [1.165, 1.54) is 16.2 Å². The number of aromatic nitrogens is 1. The Kier molecular flexibility index (Phi) is 4.25. The fraction of sp³-hybridized carbons (Fsp3) is 0.300. The van der Waals surface area contributed by atoms with Gasteiger partial charge >= 0.3 is 0 Å². The molecule has 0 aliphatic carbocycles. The number of rotatable bonds is 3. The van der Waals surface area contributed by atoms with Crippen LogP contribution < -0.4 is 15.6 Å². The average Bonchev–Trinajstić information content (AvgIpc) is 2.56. The number of hydrogen-bond donors (Lipinski definition) is 1. The summed E-state index contributed by atoms with van der Waals surface area (Å²) in [7, 11) is 3.26. The number of methoxy groups -OCH3 is 1. The van der Waals surface area contributed by atoms with Crippen molar-refractivity contribution in [3.8, 4) is 5.75 Å². The molecule has 0 bridgehead atoms. The van der Waals surface area contributed by atoms with Crippen molar-refractivity contribution in [1.82, 2.24) is 9.88 Å². The highest BCUT2D eigenvalue weighted by Crippen LogP contribution is 2.32. The molecule has 1 aromatic carbocycles. The minimum atomic E-state index is -0.156. The number of nitrogens with one attached hydrogen (secondary N) is 1. The number of carbonyl (C=O) groups is 1. The van der Waals surface area contributed by atoms with Gasteiger partial charge in [0.2, 0.25) is 5.56 Å². The summed E-state index contributed by atoms with van der Waals surface area (Å²) in [6, 6.07) is 8.88. The normalized spacial score (nSPS) is 16.9. The van der Waals surface area contributed by atoms with Crippen LogP contribution in [0.15, 0.2) is 47.4 Å². The molecule has 2 aromatic rings. The Morgan fingerprint density at radius 2 is 2.04 bits per heavy atom. The van der Waals surface area contributed by atoms with Gasteiger partial charge < -0.3 is 14.6 Å². The van der Waals surface area contributed by atoms with Crippen LogP contribution in [0.3, 0.4) is 0 Å². The van der Waals surface area contributed by atoms with Crippen molar-refractivity contribution in [1.29, 1.82) is 0 Å². The largest absolute Gasteiger partial charge is 0.497 e. The van der Waals surface area contributed by atoms with Gasteiger partial charge in [0.15, 0.2) is 5.78 Å². The van der Waals surface area contributed by atoms with Crippen LogP contribution in [0.5, 0.6) is 5.75 Å². The zero-order valence-electron chi connectivity index (χ0n) is 14.9. The summed E-state index contributed by atoms with van der Waals surface area (Å²) < 4.78 is 6.72. The zero-order chi connectivity index (χ0) is 18.2. The quantitative estimate of drug-likeness (QED) is 0.690. The van der Waals surface area contributed by atoms with Crippen LogP contribution >= 0.6 is 0 Å². The van der Waals surface area contributed by atoms with Gasteiger partial charge in [-0.05, 0) is 44.0 Å². The van der Waals surface area contributed by atoms with E-state index in [1.807, 2.05) is 18.2 Å². The molecule has 0 saturated carbocycles. The molecule has 1 N–H and O–H groups in total. The number of ether oxygens (including phenoxy) is 1. The van der Waals surface area contributed by atoms with Crippen LogP contribution in [0.1, 0.15) is 35.3 Å². The monoisotopic (exact) mass is 338 g/mol. The van der Waals surface area contributed by atoms with Gasteiger partial charge in [0.05, 0.1) is 7.11 Å². The maximum absolute atomic E-state index is 12.7. The third kappa shape index (κ3) is 3.50. The Bertz CT molecular complexity index is 923. The Labute approximate surface area is 146 Å². The van der Waals surface area contributed by atoms with Crippen molar-refractivity contribution in [3.63, 3.8) is 0 Å². The van der Waals surface area contributed by atoms with Crippen LogP contribution in [-0.2, 0) is 13.5 Å². The highest BCUT2D eigenvalue weighted by molar-refractivity contribution is 6.08. The van der Waals surface area contributed by atoms with Gasteiger partial charge in [-0.2, -0.15) is 0 Å². The average molecular weight is 338 g/mol. The predicted octanol–water partition coefficient (Wildman–Crippen LogP) is 2.54. The van der Waals surface area contributed by atoms with E-state index in [2.05, 4.69) is 19.2 Å². The Morgan fingerprint density at radius 1 is 1.28 bits per heavy atom. The van der Waals surface area contributed by atoms with E-state index in [1.54, 1.807) is 32.5 Å². The fourth-order valence-electron chi connectivity index (χ4n) is 3.11. The summed E-state index contributed by atoms with van der Waals surface area (Å²) in [5.74, 6) is 0.602. The summed E-state index contributed by atoms with van der Waals surface area (Å²) in [4.78, 5) is 24.2. The first-order valence-electron chi connectivity index (χ1n) is 8.17.